The van der Waals surface area contributed by atoms with Crippen LogP contribution in [0.25, 0.3) is 0 Å². The van der Waals surface area contributed by atoms with Gasteiger partial charge in [-0.2, -0.15) is 0 Å². The Morgan fingerprint density at radius 3 is 2.27 bits per heavy atom. The van der Waals surface area contributed by atoms with Gasteiger partial charge < -0.3 is 14.6 Å². The van der Waals surface area contributed by atoms with Gasteiger partial charge in [-0.3, -0.25) is 9.59 Å². The van der Waals surface area contributed by atoms with E-state index in [1.165, 1.54) is 0 Å². The lowest BCUT2D eigenvalue weighted by Gasteiger charge is -2.20. The summed E-state index contributed by atoms with van der Waals surface area (Å²) in [5.74, 6) is 1.05. The Labute approximate surface area is 156 Å². The first-order valence-corrected chi connectivity index (χ1v) is 9.45. The van der Waals surface area contributed by atoms with E-state index in [2.05, 4.69) is 0 Å². The maximum Gasteiger partial charge on any atom is 0.305 e. The van der Waals surface area contributed by atoms with E-state index in [1.54, 1.807) is 6.92 Å². The van der Waals surface area contributed by atoms with Crippen LogP contribution in [0.5, 0.6) is 11.5 Å². The third kappa shape index (κ3) is 6.04. The Hall–Kier alpha value is -2.04. The lowest BCUT2D eigenvalue weighted by molar-refractivity contribution is -0.143. The normalized spacial score (nSPS) is 10.7. The van der Waals surface area contributed by atoms with Crippen molar-refractivity contribution in [3.05, 3.63) is 22.3 Å². The third-order valence-corrected chi connectivity index (χ3v) is 4.72. The minimum atomic E-state index is -0.182. The molecule has 0 unspecified atom stereocenters. The van der Waals surface area contributed by atoms with Crippen LogP contribution in [0.3, 0.4) is 0 Å². The van der Waals surface area contributed by atoms with Gasteiger partial charge in [-0.25, -0.2) is 0 Å². The highest BCUT2D eigenvalue weighted by Gasteiger charge is 2.18. The summed E-state index contributed by atoms with van der Waals surface area (Å²) >= 11 is 0. The Morgan fingerprint density at radius 1 is 0.962 bits per heavy atom. The van der Waals surface area contributed by atoms with Gasteiger partial charge >= 0.3 is 5.97 Å². The molecule has 0 aliphatic heterocycles. The highest BCUT2D eigenvalue weighted by molar-refractivity contribution is 5.78. The molecule has 1 rings (SSSR count). The quantitative estimate of drug-likeness (QED) is 0.467. The lowest BCUT2D eigenvalue weighted by Crippen LogP contribution is -2.09. The number of esters is 1. The SMILES string of the molecule is CCOC(=O)CCCCOc1c(C)c(C)c(O)c(C)c1CCC(=O)CC. The number of aromatic hydroxyl groups is 1. The second-order valence-corrected chi connectivity index (χ2v) is 6.53. The molecule has 0 fully saturated rings. The zero-order valence-electron chi connectivity index (χ0n) is 16.7. The average Bonchev–Trinajstić information content (AvgIpc) is 2.62. The molecule has 0 aromatic heterocycles. The van der Waals surface area contributed by atoms with E-state index in [9.17, 15) is 14.7 Å². The molecule has 5 heteroatoms. The molecule has 0 saturated carbocycles. The molecule has 0 heterocycles. The zero-order valence-corrected chi connectivity index (χ0v) is 16.7. The van der Waals surface area contributed by atoms with Gasteiger partial charge in [0.1, 0.15) is 17.3 Å². The van der Waals surface area contributed by atoms with Crippen molar-refractivity contribution in [3.63, 3.8) is 0 Å². The van der Waals surface area contributed by atoms with Crippen LogP contribution in [0.2, 0.25) is 0 Å². The Balaban J connectivity index is 2.81. The molecule has 5 nitrogen and oxygen atoms in total. The maximum atomic E-state index is 11.7. The molecule has 0 spiro atoms. The van der Waals surface area contributed by atoms with Crippen LogP contribution in [0.4, 0.5) is 0 Å². The molecule has 0 amide bonds. The van der Waals surface area contributed by atoms with Gasteiger partial charge in [-0.05, 0) is 63.6 Å². The van der Waals surface area contributed by atoms with E-state index < -0.39 is 0 Å². The predicted octanol–water partition coefficient (Wildman–Crippen LogP) is 4.34. The first kappa shape index (κ1) is 22.0. The van der Waals surface area contributed by atoms with Crippen molar-refractivity contribution < 1.29 is 24.2 Å². The van der Waals surface area contributed by atoms with Crippen molar-refractivity contribution in [2.24, 2.45) is 0 Å². The van der Waals surface area contributed by atoms with Crippen molar-refractivity contribution in [1.82, 2.24) is 0 Å². The molecule has 0 aliphatic rings. The third-order valence-electron chi connectivity index (χ3n) is 4.72. The van der Waals surface area contributed by atoms with Crippen molar-refractivity contribution in [3.8, 4) is 11.5 Å². The van der Waals surface area contributed by atoms with Gasteiger partial charge in [0.15, 0.2) is 0 Å². The Morgan fingerprint density at radius 2 is 1.65 bits per heavy atom. The second-order valence-electron chi connectivity index (χ2n) is 6.53. The van der Waals surface area contributed by atoms with E-state index in [0.717, 1.165) is 34.4 Å². The number of rotatable bonds is 11. The number of carbonyl (C=O) groups excluding carboxylic acids is 2. The van der Waals surface area contributed by atoms with Crippen LogP contribution in [0, 0.1) is 20.8 Å². The van der Waals surface area contributed by atoms with E-state index >= 15 is 0 Å². The van der Waals surface area contributed by atoms with Gasteiger partial charge in [0.2, 0.25) is 0 Å². The second kappa shape index (κ2) is 10.8. The number of carbonyl (C=O) groups is 2. The monoisotopic (exact) mass is 364 g/mol. The van der Waals surface area contributed by atoms with Crippen LogP contribution < -0.4 is 4.74 Å². The molecular weight excluding hydrogens is 332 g/mol. The first-order valence-electron chi connectivity index (χ1n) is 9.45. The molecule has 146 valence electrons. The van der Waals surface area contributed by atoms with Crippen molar-refractivity contribution in [2.45, 2.75) is 73.1 Å². The van der Waals surface area contributed by atoms with Crippen LogP contribution in [0.1, 0.15) is 68.2 Å². The fourth-order valence-corrected chi connectivity index (χ4v) is 2.89. The average molecular weight is 364 g/mol. The van der Waals surface area contributed by atoms with Gasteiger partial charge in [0.25, 0.3) is 0 Å². The predicted molar refractivity (Wildman–Crippen MR) is 102 cm³/mol. The van der Waals surface area contributed by atoms with Gasteiger partial charge in [0, 0.05) is 24.8 Å². The summed E-state index contributed by atoms with van der Waals surface area (Å²) < 4.78 is 10.9. The van der Waals surface area contributed by atoms with E-state index in [4.69, 9.17) is 9.47 Å². The van der Waals surface area contributed by atoms with Crippen LogP contribution >= 0.6 is 0 Å². The van der Waals surface area contributed by atoms with E-state index in [-0.39, 0.29) is 17.5 Å². The summed E-state index contributed by atoms with van der Waals surface area (Å²) in [5.41, 5.74) is 3.38. The van der Waals surface area contributed by atoms with Crippen LogP contribution in [-0.2, 0) is 20.7 Å². The highest BCUT2D eigenvalue weighted by atomic mass is 16.5. The van der Waals surface area contributed by atoms with E-state index in [1.807, 2.05) is 27.7 Å². The first-order chi connectivity index (χ1) is 12.3. The summed E-state index contributed by atoms with van der Waals surface area (Å²) in [5, 5.41) is 10.3. The summed E-state index contributed by atoms with van der Waals surface area (Å²) in [6, 6.07) is 0. The van der Waals surface area contributed by atoms with Gasteiger partial charge in [-0.15, -0.1) is 0 Å². The van der Waals surface area contributed by atoms with Gasteiger partial charge in [0.05, 0.1) is 13.2 Å². The largest absolute Gasteiger partial charge is 0.507 e. The Bertz CT molecular complexity index is 634. The number of hydrogen-bond acceptors (Lipinski definition) is 5. The molecule has 1 aromatic rings. The molecule has 1 N–H and O–H groups in total. The molecule has 0 aliphatic carbocycles. The highest BCUT2D eigenvalue weighted by Crippen LogP contribution is 2.38. The molecule has 26 heavy (non-hydrogen) atoms. The van der Waals surface area contributed by atoms with E-state index in [0.29, 0.717) is 45.3 Å². The number of Topliss-reactive ketones (excluding diaryl/α,β-unsaturated/α-hetero) is 1. The van der Waals surface area contributed by atoms with Crippen LogP contribution in [0.15, 0.2) is 0 Å². The summed E-state index contributed by atoms with van der Waals surface area (Å²) in [4.78, 5) is 23.1. The van der Waals surface area contributed by atoms with Crippen LogP contribution in [-0.4, -0.2) is 30.1 Å². The van der Waals surface area contributed by atoms with Crippen molar-refractivity contribution in [2.75, 3.05) is 13.2 Å². The summed E-state index contributed by atoms with van der Waals surface area (Å²) in [6.07, 6.45) is 3.35. The number of benzene rings is 1. The maximum absolute atomic E-state index is 11.7. The minimum Gasteiger partial charge on any atom is -0.507 e. The molecule has 0 atom stereocenters. The number of phenols is 1. The molecular formula is C21H32O5. The molecule has 0 bridgehead atoms. The van der Waals surface area contributed by atoms with Crippen molar-refractivity contribution in [1.29, 1.82) is 0 Å². The molecule has 0 saturated heterocycles. The van der Waals surface area contributed by atoms with Gasteiger partial charge in [-0.1, -0.05) is 6.92 Å². The Kier molecular flexibility index (Phi) is 9.17. The lowest BCUT2D eigenvalue weighted by atomic mass is 9.93. The number of ether oxygens (including phenoxy) is 2. The number of hydrogen-bond donors (Lipinski definition) is 1. The number of ketones is 1. The smallest absolute Gasteiger partial charge is 0.305 e. The topological polar surface area (TPSA) is 72.8 Å². The zero-order chi connectivity index (χ0) is 19.7. The fraction of sp³-hybridized carbons (Fsp3) is 0.619. The minimum absolute atomic E-state index is 0.182. The number of phenolic OH excluding ortho intramolecular Hbond substituents is 1. The standard InChI is InChI=1S/C21H32O5/c1-6-17(22)11-12-18-16(5)20(24)14(3)15(4)21(18)26-13-9-8-10-19(23)25-7-2/h24H,6-13H2,1-5H3. The fourth-order valence-electron chi connectivity index (χ4n) is 2.89. The number of unbranched alkanes of at least 4 members (excludes halogenated alkanes) is 1. The molecule has 1 aromatic carbocycles. The summed E-state index contributed by atoms with van der Waals surface area (Å²) in [7, 11) is 0. The molecule has 0 radical (unpaired) electrons. The van der Waals surface area contributed by atoms with Crippen molar-refractivity contribution >= 4 is 11.8 Å². The summed E-state index contributed by atoms with van der Waals surface area (Å²) in [6.45, 7) is 10.2.